The number of hydroxylamine groups is 2. The molecule has 0 saturated carbocycles. The third kappa shape index (κ3) is 1.74. The van der Waals surface area contributed by atoms with E-state index in [9.17, 15) is 10.4 Å². The third-order valence-corrected chi connectivity index (χ3v) is 2.90. The van der Waals surface area contributed by atoms with Crippen molar-refractivity contribution >= 4 is 11.6 Å². The highest BCUT2D eigenvalue weighted by atomic mass is 16.5. The van der Waals surface area contributed by atoms with Gasteiger partial charge in [0.25, 0.3) is 5.62 Å². The van der Waals surface area contributed by atoms with Gasteiger partial charge in [-0.15, -0.1) is 4.73 Å². The molecule has 0 radical (unpaired) electrons. The number of nitrogens with zero attached hydrogens (tertiary/aromatic N) is 3. The predicted molar refractivity (Wildman–Crippen MR) is 58.4 cm³/mol. The minimum Gasteiger partial charge on any atom is -0.626 e. The van der Waals surface area contributed by atoms with E-state index in [2.05, 4.69) is 4.98 Å². The van der Waals surface area contributed by atoms with Crippen LogP contribution in [0.15, 0.2) is 6.07 Å². The highest BCUT2D eigenvalue weighted by molar-refractivity contribution is 5.44. The zero-order chi connectivity index (χ0) is 11.8. The van der Waals surface area contributed by atoms with E-state index in [0.29, 0.717) is 17.8 Å². The van der Waals surface area contributed by atoms with Gasteiger partial charge in [0, 0.05) is 0 Å². The van der Waals surface area contributed by atoms with Gasteiger partial charge in [0.05, 0.1) is 19.2 Å². The second-order valence-corrected chi connectivity index (χ2v) is 4.07. The topological polar surface area (TPSA) is 111 Å². The second kappa shape index (κ2) is 3.76. The van der Waals surface area contributed by atoms with Crippen LogP contribution in [0.3, 0.4) is 0 Å². The standard InChI is InChI=1S/C9H15N5O2/c10-7-6-8(12-9(11)13(7)15)14(16)4-2-1-3-5-14/h6,11,15H,1-5,10H2. The third-order valence-electron chi connectivity index (χ3n) is 2.90. The van der Waals surface area contributed by atoms with E-state index in [1.807, 2.05) is 0 Å². The van der Waals surface area contributed by atoms with Crippen molar-refractivity contribution in [2.75, 3.05) is 18.8 Å². The highest BCUT2D eigenvalue weighted by Gasteiger charge is 2.26. The Kier molecular flexibility index (Phi) is 2.56. The fourth-order valence-corrected chi connectivity index (χ4v) is 1.96. The fraction of sp³-hybridized carbons (Fsp3) is 0.556. The summed E-state index contributed by atoms with van der Waals surface area (Å²) in [6.07, 6.45) is 2.76. The largest absolute Gasteiger partial charge is 0.626 e. The van der Waals surface area contributed by atoms with Crippen molar-refractivity contribution in [3.8, 4) is 0 Å². The molecule has 7 nitrogen and oxygen atoms in total. The number of anilines is 1. The van der Waals surface area contributed by atoms with E-state index >= 15 is 0 Å². The molecular weight excluding hydrogens is 210 g/mol. The molecule has 1 aliphatic rings. The Hall–Kier alpha value is -1.60. The lowest BCUT2D eigenvalue weighted by atomic mass is 10.1. The molecule has 1 aromatic rings. The highest BCUT2D eigenvalue weighted by Crippen LogP contribution is 2.25. The normalized spacial score (nSPS) is 19.6. The average Bonchev–Trinajstić information content (AvgIpc) is 2.26. The Morgan fingerprint density at radius 2 is 2.06 bits per heavy atom. The molecule has 2 heterocycles. The molecule has 1 aliphatic heterocycles. The molecule has 0 amide bonds. The van der Waals surface area contributed by atoms with Crippen LogP contribution < -0.4 is 16.0 Å². The SMILES string of the molecule is N=c1nc([N+]2([O-])CCCCC2)cc(N)n1O. The zero-order valence-corrected chi connectivity index (χ0v) is 8.89. The number of piperidine rings is 1. The summed E-state index contributed by atoms with van der Waals surface area (Å²) in [6, 6.07) is 1.34. The molecule has 1 aromatic heterocycles. The van der Waals surface area contributed by atoms with Gasteiger partial charge in [-0.2, -0.15) is 4.98 Å². The van der Waals surface area contributed by atoms with Crippen molar-refractivity contribution in [1.29, 1.82) is 5.41 Å². The maximum atomic E-state index is 12.4. The van der Waals surface area contributed by atoms with Crippen molar-refractivity contribution in [2.24, 2.45) is 0 Å². The quantitative estimate of drug-likeness (QED) is 0.359. The van der Waals surface area contributed by atoms with Crippen LogP contribution >= 0.6 is 0 Å². The van der Waals surface area contributed by atoms with Crippen LogP contribution in [0.2, 0.25) is 0 Å². The van der Waals surface area contributed by atoms with Crippen LogP contribution in [-0.2, 0) is 0 Å². The van der Waals surface area contributed by atoms with Crippen molar-refractivity contribution in [3.05, 3.63) is 16.9 Å². The molecule has 16 heavy (non-hydrogen) atoms. The molecule has 2 rings (SSSR count). The van der Waals surface area contributed by atoms with Crippen molar-refractivity contribution in [1.82, 2.24) is 14.4 Å². The summed E-state index contributed by atoms with van der Waals surface area (Å²) in [7, 11) is 0. The minimum absolute atomic E-state index is 0.0334. The van der Waals surface area contributed by atoms with E-state index in [0.717, 1.165) is 19.3 Å². The lowest BCUT2D eigenvalue weighted by Crippen LogP contribution is -2.49. The first kappa shape index (κ1) is 10.9. The summed E-state index contributed by atoms with van der Waals surface area (Å²) < 4.78 is -0.0868. The zero-order valence-electron chi connectivity index (χ0n) is 8.89. The van der Waals surface area contributed by atoms with Gasteiger partial charge in [0.15, 0.2) is 5.82 Å². The minimum atomic E-state index is -0.545. The lowest BCUT2D eigenvalue weighted by Gasteiger charge is -2.43. The molecule has 88 valence electrons. The molecule has 1 saturated heterocycles. The molecule has 0 spiro atoms. The number of quaternary nitrogens is 1. The molecule has 4 N–H and O–H groups in total. The van der Waals surface area contributed by atoms with Gasteiger partial charge in [-0.3, -0.25) is 5.41 Å². The molecule has 0 aliphatic carbocycles. The van der Waals surface area contributed by atoms with Crippen molar-refractivity contribution in [3.63, 3.8) is 0 Å². The van der Waals surface area contributed by atoms with Gasteiger partial charge in [-0.05, 0) is 19.3 Å². The Labute approximate surface area is 92.4 Å². The number of nitrogens with one attached hydrogen (secondary N) is 1. The van der Waals surface area contributed by atoms with Gasteiger partial charge in [-0.1, -0.05) is 0 Å². The Bertz CT molecular complexity index is 450. The van der Waals surface area contributed by atoms with E-state index in [1.165, 1.54) is 6.07 Å². The van der Waals surface area contributed by atoms with Gasteiger partial charge >= 0.3 is 0 Å². The van der Waals surface area contributed by atoms with Crippen LogP contribution in [0.5, 0.6) is 0 Å². The van der Waals surface area contributed by atoms with E-state index in [-0.39, 0.29) is 11.6 Å². The van der Waals surface area contributed by atoms with E-state index in [1.54, 1.807) is 0 Å². The number of aromatic nitrogens is 2. The molecule has 1 fully saturated rings. The Morgan fingerprint density at radius 1 is 1.44 bits per heavy atom. The first-order chi connectivity index (χ1) is 7.53. The summed E-state index contributed by atoms with van der Waals surface area (Å²) >= 11 is 0. The van der Waals surface area contributed by atoms with Crippen LogP contribution in [0.25, 0.3) is 0 Å². The molecule has 7 heteroatoms. The van der Waals surface area contributed by atoms with Gasteiger partial charge in [0.2, 0.25) is 5.82 Å². The second-order valence-electron chi connectivity index (χ2n) is 4.07. The van der Waals surface area contributed by atoms with E-state index in [4.69, 9.17) is 11.1 Å². The van der Waals surface area contributed by atoms with Gasteiger partial charge in [-0.25, -0.2) is 0 Å². The first-order valence-corrected chi connectivity index (χ1v) is 5.25. The van der Waals surface area contributed by atoms with Crippen LogP contribution in [0, 0.1) is 10.6 Å². The van der Waals surface area contributed by atoms with E-state index < -0.39 is 10.3 Å². The summed E-state index contributed by atoms with van der Waals surface area (Å²) in [5.41, 5.74) is 5.08. The fourth-order valence-electron chi connectivity index (χ4n) is 1.96. The molecule has 0 unspecified atom stereocenters. The number of nitrogen functional groups attached to an aromatic ring is 1. The number of nitrogens with two attached hydrogens (primary N) is 1. The average molecular weight is 225 g/mol. The summed E-state index contributed by atoms with van der Waals surface area (Å²) in [4.78, 5) is 3.79. The van der Waals surface area contributed by atoms with Crippen molar-refractivity contribution in [2.45, 2.75) is 19.3 Å². The maximum absolute atomic E-state index is 12.4. The summed E-state index contributed by atoms with van der Waals surface area (Å²) in [6.45, 7) is 0.919. The maximum Gasteiger partial charge on any atom is 0.262 e. The van der Waals surface area contributed by atoms with Crippen LogP contribution in [0.4, 0.5) is 11.6 Å². The summed E-state index contributed by atoms with van der Waals surface area (Å²) in [5.74, 6) is 0.182. The number of hydrogen-bond acceptors (Lipinski definition) is 5. The molecule has 0 atom stereocenters. The van der Waals surface area contributed by atoms with Crippen LogP contribution in [-0.4, -0.2) is 28.0 Å². The molecule has 0 bridgehead atoms. The Morgan fingerprint density at radius 3 is 2.62 bits per heavy atom. The summed E-state index contributed by atoms with van der Waals surface area (Å²) in [5, 5.41) is 29.0. The molecule has 0 aromatic carbocycles. The molecular formula is C9H15N5O2. The van der Waals surface area contributed by atoms with Gasteiger partial charge in [0.1, 0.15) is 0 Å². The van der Waals surface area contributed by atoms with Crippen molar-refractivity contribution < 1.29 is 5.21 Å². The smallest absolute Gasteiger partial charge is 0.262 e. The lowest BCUT2D eigenvalue weighted by molar-refractivity contribution is 0.170. The number of rotatable bonds is 1. The predicted octanol–water partition coefficient (Wildman–Crippen LogP) is 0.171. The van der Waals surface area contributed by atoms with Gasteiger partial charge < -0.3 is 20.8 Å². The first-order valence-electron chi connectivity index (χ1n) is 5.25. The monoisotopic (exact) mass is 225 g/mol. The Balaban J connectivity index is 2.43. The van der Waals surface area contributed by atoms with Crippen LogP contribution in [0.1, 0.15) is 19.3 Å². The number of hydrogen-bond donors (Lipinski definition) is 3.